The predicted molar refractivity (Wildman–Crippen MR) is 74.5 cm³/mol. The number of rotatable bonds is 5. The first-order chi connectivity index (χ1) is 8.95. The van der Waals surface area contributed by atoms with E-state index in [4.69, 9.17) is 16.7 Å². The lowest BCUT2D eigenvalue weighted by Gasteiger charge is -2.14. The van der Waals surface area contributed by atoms with Crippen molar-refractivity contribution in [2.45, 2.75) is 26.3 Å². The Morgan fingerprint density at radius 1 is 1.47 bits per heavy atom. The van der Waals surface area contributed by atoms with Gasteiger partial charge < -0.3 is 10.4 Å². The number of hydrogen-bond acceptors (Lipinski definition) is 2. The van der Waals surface area contributed by atoms with Crippen LogP contribution in [0.4, 0.5) is 0 Å². The fourth-order valence-electron chi connectivity index (χ4n) is 1.57. The zero-order valence-electron chi connectivity index (χ0n) is 10.8. The van der Waals surface area contributed by atoms with Crippen molar-refractivity contribution in [3.05, 3.63) is 46.5 Å². The molecular formula is C14H16ClNO3. The minimum absolute atomic E-state index is 0.247. The van der Waals surface area contributed by atoms with Gasteiger partial charge in [0.25, 0.3) is 5.91 Å². The summed E-state index contributed by atoms with van der Waals surface area (Å²) < 4.78 is 0. The Labute approximate surface area is 117 Å². The number of hydrogen-bond donors (Lipinski definition) is 2. The molecule has 0 aliphatic carbocycles. The van der Waals surface area contributed by atoms with E-state index in [-0.39, 0.29) is 6.42 Å². The number of carbonyl (C=O) groups is 2. The zero-order chi connectivity index (χ0) is 14.4. The van der Waals surface area contributed by atoms with Crippen LogP contribution in [0.25, 0.3) is 0 Å². The first kappa shape index (κ1) is 15.2. The number of allylic oxidation sites excluding steroid dienone is 1. The Balaban J connectivity index is 2.87. The maximum atomic E-state index is 12.0. The molecule has 2 N–H and O–H groups in total. The maximum Gasteiger partial charge on any atom is 0.326 e. The van der Waals surface area contributed by atoms with Gasteiger partial charge >= 0.3 is 5.97 Å². The molecule has 1 rings (SSSR count). The molecule has 0 saturated carbocycles. The van der Waals surface area contributed by atoms with Crippen molar-refractivity contribution in [3.8, 4) is 0 Å². The van der Waals surface area contributed by atoms with Gasteiger partial charge in [-0.25, -0.2) is 4.79 Å². The average Bonchev–Trinajstić information content (AvgIpc) is 2.36. The van der Waals surface area contributed by atoms with E-state index in [9.17, 15) is 9.59 Å². The highest BCUT2D eigenvalue weighted by atomic mass is 35.5. The lowest BCUT2D eigenvalue weighted by atomic mass is 10.1. The minimum Gasteiger partial charge on any atom is -0.480 e. The molecule has 0 radical (unpaired) electrons. The average molecular weight is 282 g/mol. The number of carboxylic acid groups (broad SMARTS) is 1. The summed E-state index contributed by atoms with van der Waals surface area (Å²) in [5, 5.41) is 12.0. The number of amides is 1. The highest BCUT2D eigenvalue weighted by Gasteiger charge is 2.20. The molecule has 1 aromatic carbocycles. The van der Waals surface area contributed by atoms with Gasteiger partial charge in [-0.05, 0) is 38.0 Å². The van der Waals surface area contributed by atoms with Gasteiger partial charge in [-0.3, -0.25) is 4.79 Å². The van der Waals surface area contributed by atoms with E-state index >= 15 is 0 Å². The molecule has 0 spiro atoms. The quantitative estimate of drug-likeness (QED) is 0.816. The lowest BCUT2D eigenvalue weighted by molar-refractivity contribution is -0.139. The summed E-state index contributed by atoms with van der Waals surface area (Å²) >= 11 is 5.84. The monoisotopic (exact) mass is 281 g/mol. The van der Waals surface area contributed by atoms with E-state index in [0.717, 1.165) is 5.56 Å². The Hall–Kier alpha value is -1.81. The molecule has 0 aliphatic rings. The molecule has 0 heterocycles. The van der Waals surface area contributed by atoms with E-state index in [2.05, 4.69) is 5.32 Å². The van der Waals surface area contributed by atoms with E-state index in [1.165, 1.54) is 6.07 Å². The zero-order valence-corrected chi connectivity index (χ0v) is 11.6. The second-order valence-electron chi connectivity index (χ2n) is 4.13. The Kier molecular flexibility index (Phi) is 5.57. The van der Waals surface area contributed by atoms with Crippen LogP contribution in [0.2, 0.25) is 5.02 Å². The summed E-state index contributed by atoms with van der Waals surface area (Å²) in [6.45, 7) is 3.56. The maximum absolute atomic E-state index is 12.0. The van der Waals surface area contributed by atoms with Crippen molar-refractivity contribution in [3.63, 3.8) is 0 Å². The first-order valence-electron chi connectivity index (χ1n) is 5.86. The van der Waals surface area contributed by atoms with Crippen molar-refractivity contribution < 1.29 is 14.7 Å². The first-order valence-corrected chi connectivity index (χ1v) is 6.24. The molecule has 0 fully saturated rings. The number of carboxylic acids is 1. The van der Waals surface area contributed by atoms with Crippen LogP contribution in [0.5, 0.6) is 0 Å². The summed E-state index contributed by atoms with van der Waals surface area (Å²) in [6, 6.07) is 3.99. The molecule has 1 amide bonds. The van der Waals surface area contributed by atoms with Gasteiger partial charge in [0.1, 0.15) is 6.04 Å². The molecule has 0 bridgehead atoms. The number of nitrogens with one attached hydrogen (secondary N) is 1. The van der Waals surface area contributed by atoms with Crippen LogP contribution < -0.4 is 5.32 Å². The van der Waals surface area contributed by atoms with Crippen molar-refractivity contribution in [1.29, 1.82) is 0 Å². The third kappa shape index (κ3) is 4.41. The summed E-state index contributed by atoms with van der Waals surface area (Å²) in [6.07, 6.45) is 3.69. The fourth-order valence-corrected chi connectivity index (χ4v) is 1.74. The highest BCUT2D eigenvalue weighted by molar-refractivity contribution is 6.31. The van der Waals surface area contributed by atoms with Crippen LogP contribution in [-0.4, -0.2) is 23.0 Å². The van der Waals surface area contributed by atoms with Gasteiger partial charge in [-0.15, -0.1) is 0 Å². The van der Waals surface area contributed by atoms with E-state index in [0.29, 0.717) is 10.6 Å². The molecular weight excluding hydrogens is 266 g/mol. The van der Waals surface area contributed by atoms with Crippen LogP contribution in [0.15, 0.2) is 30.4 Å². The van der Waals surface area contributed by atoms with Gasteiger partial charge in [0, 0.05) is 10.6 Å². The van der Waals surface area contributed by atoms with Crippen molar-refractivity contribution in [1.82, 2.24) is 5.32 Å². The van der Waals surface area contributed by atoms with Crippen molar-refractivity contribution >= 4 is 23.5 Å². The number of benzene rings is 1. The molecule has 0 aliphatic heterocycles. The van der Waals surface area contributed by atoms with E-state index in [1.54, 1.807) is 38.1 Å². The Morgan fingerprint density at radius 3 is 2.74 bits per heavy atom. The molecule has 4 nitrogen and oxygen atoms in total. The molecule has 1 aromatic rings. The third-order valence-corrected chi connectivity index (χ3v) is 2.89. The predicted octanol–water partition coefficient (Wildman–Crippen LogP) is 2.80. The van der Waals surface area contributed by atoms with Gasteiger partial charge in [0.2, 0.25) is 0 Å². The van der Waals surface area contributed by atoms with E-state index < -0.39 is 17.9 Å². The molecule has 1 unspecified atom stereocenters. The van der Waals surface area contributed by atoms with Crippen molar-refractivity contribution in [2.75, 3.05) is 0 Å². The third-order valence-electron chi connectivity index (χ3n) is 2.66. The molecule has 1 atom stereocenters. The van der Waals surface area contributed by atoms with Crippen LogP contribution in [0.3, 0.4) is 0 Å². The SMILES string of the molecule is C/C=C/CC(NC(=O)c1cc(Cl)ccc1C)C(=O)O. The second-order valence-corrected chi connectivity index (χ2v) is 4.56. The van der Waals surface area contributed by atoms with Crippen LogP contribution in [0, 0.1) is 6.92 Å². The Bertz CT molecular complexity index is 511. The van der Waals surface area contributed by atoms with Gasteiger partial charge in [-0.2, -0.15) is 0 Å². The molecule has 102 valence electrons. The largest absolute Gasteiger partial charge is 0.480 e. The molecule has 0 saturated heterocycles. The lowest BCUT2D eigenvalue weighted by Crippen LogP contribution is -2.40. The van der Waals surface area contributed by atoms with Crippen LogP contribution >= 0.6 is 11.6 Å². The number of aryl methyl sites for hydroxylation is 1. The Morgan fingerprint density at radius 2 is 2.16 bits per heavy atom. The van der Waals surface area contributed by atoms with Crippen molar-refractivity contribution in [2.24, 2.45) is 0 Å². The second kappa shape index (κ2) is 6.95. The molecule has 0 aromatic heterocycles. The topological polar surface area (TPSA) is 66.4 Å². The summed E-state index contributed by atoms with van der Waals surface area (Å²) in [7, 11) is 0. The number of halogens is 1. The minimum atomic E-state index is -1.06. The summed E-state index contributed by atoms with van der Waals surface area (Å²) in [5.41, 5.74) is 1.14. The fraction of sp³-hybridized carbons (Fsp3) is 0.286. The van der Waals surface area contributed by atoms with E-state index in [1.807, 2.05) is 0 Å². The van der Waals surface area contributed by atoms with Crippen LogP contribution in [0.1, 0.15) is 29.3 Å². The summed E-state index contributed by atoms with van der Waals surface area (Å²) in [5.74, 6) is -1.50. The highest BCUT2D eigenvalue weighted by Crippen LogP contribution is 2.15. The number of aliphatic carboxylic acids is 1. The molecule has 5 heteroatoms. The number of carbonyl (C=O) groups excluding carboxylic acids is 1. The summed E-state index contributed by atoms with van der Waals surface area (Å²) in [4.78, 5) is 23.1. The van der Waals surface area contributed by atoms with Crippen LogP contribution in [-0.2, 0) is 4.79 Å². The standard InChI is InChI=1S/C14H16ClNO3/c1-3-4-5-12(14(18)19)16-13(17)11-8-10(15)7-6-9(11)2/h3-4,6-8,12H,5H2,1-2H3,(H,16,17)(H,18,19)/b4-3+. The van der Waals surface area contributed by atoms with Gasteiger partial charge in [0.05, 0.1) is 0 Å². The smallest absolute Gasteiger partial charge is 0.326 e. The normalized spacial score (nSPS) is 12.4. The van der Waals surface area contributed by atoms with Gasteiger partial charge in [0.15, 0.2) is 0 Å². The molecule has 19 heavy (non-hydrogen) atoms. The van der Waals surface area contributed by atoms with Gasteiger partial charge in [-0.1, -0.05) is 29.8 Å².